The van der Waals surface area contributed by atoms with E-state index in [9.17, 15) is 9.90 Å². The Bertz CT molecular complexity index is 518. The molecular weight excluding hydrogens is 326 g/mol. The molecule has 138 valence electrons. The molecule has 0 bridgehead atoms. The molecule has 4 atom stereocenters. The monoisotopic (exact) mass is 357 g/mol. The van der Waals surface area contributed by atoms with Crippen molar-refractivity contribution in [2.45, 2.75) is 65.6 Å². The standard InChI is InChI=1S/C9H14ClNO2.C7H12N2.C2H6/c1-11(8(12)4-10)7-3-5-2-6(5)9(7)13;1-6(2)9-5-4-7(3)8-9;1-2/h5-7,9,13H,2-4H2,1H3;4-6H,1-3H3;1-2H3. The first-order valence-electron chi connectivity index (χ1n) is 8.86. The van der Waals surface area contributed by atoms with Gasteiger partial charge in [0.15, 0.2) is 0 Å². The third kappa shape index (κ3) is 5.21. The second kappa shape index (κ2) is 9.42. The van der Waals surface area contributed by atoms with E-state index in [1.54, 1.807) is 11.9 Å². The van der Waals surface area contributed by atoms with Gasteiger partial charge in [-0.15, -0.1) is 11.6 Å². The smallest absolute Gasteiger partial charge is 0.237 e. The fraction of sp³-hybridized carbons (Fsp3) is 0.778. The second-order valence-electron chi connectivity index (χ2n) is 6.62. The number of likely N-dealkylation sites (N-methyl/N-ethyl adjacent to an activating group) is 1. The van der Waals surface area contributed by atoms with Crippen LogP contribution in [0.3, 0.4) is 0 Å². The highest BCUT2D eigenvalue weighted by Crippen LogP contribution is 2.52. The Morgan fingerprint density at radius 2 is 2.08 bits per heavy atom. The van der Waals surface area contributed by atoms with E-state index in [1.807, 2.05) is 37.7 Å². The highest BCUT2D eigenvalue weighted by molar-refractivity contribution is 6.27. The number of halogens is 1. The molecule has 1 aromatic heterocycles. The van der Waals surface area contributed by atoms with Gasteiger partial charge in [-0.1, -0.05) is 13.8 Å². The van der Waals surface area contributed by atoms with E-state index in [-0.39, 0.29) is 23.9 Å². The Morgan fingerprint density at radius 3 is 2.42 bits per heavy atom. The van der Waals surface area contributed by atoms with Crippen LogP contribution in [0.1, 0.15) is 52.3 Å². The number of rotatable bonds is 3. The van der Waals surface area contributed by atoms with Gasteiger partial charge in [0.05, 0.1) is 17.8 Å². The van der Waals surface area contributed by atoms with Gasteiger partial charge in [-0.25, -0.2) is 0 Å². The van der Waals surface area contributed by atoms with Crippen molar-refractivity contribution in [3.63, 3.8) is 0 Å². The van der Waals surface area contributed by atoms with Gasteiger partial charge in [0.1, 0.15) is 5.88 Å². The van der Waals surface area contributed by atoms with Crippen LogP contribution in [0.2, 0.25) is 0 Å². The van der Waals surface area contributed by atoms with Gasteiger partial charge in [0, 0.05) is 19.3 Å². The largest absolute Gasteiger partial charge is 0.391 e. The summed E-state index contributed by atoms with van der Waals surface area (Å²) in [4.78, 5) is 12.8. The number of aryl methyl sites for hydroxylation is 1. The number of carbonyl (C=O) groups excluding carboxylic acids is 1. The Labute approximate surface area is 151 Å². The molecule has 1 N–H and O–H groups in total. The third-order valence-electron chi connectivity index (χ3n) is 4.63. The van der Waals surface area contributed by atoms with Crippen LogP contribution >= 0.6 is 11.6 Å². The maximum absolute atomic E-state index is 11.2. The van der Waals surface area contributed by atoms with E-state index in [2.05, 4.69) is 18.9 Å². The molecule has 0 aliphatic heterocycles. The average Bonchev–Trinajstić information content (AvgIpc) is 3.10. The van der Waals surface area contributed by atoms with Crippen molar-refractivity contribution < 1.29 is 9.90 Å². The second-order valence-corrected chi connectivity index (χ2v) is 6.89. The van der Waals surface area contributed by atoms with Crippen LogP contribution in [-0.2, 0) is 4.79 Å². The number of carbonyl (C=O) groups is 1. The Morgan fingerprint density at radius 1 is 1.46 bits per heavy atom. The molecule has 4 unspecified atom stereocenters. The predicted octanol–water partition coefficient (Wildman–Crippen LogP) is 3.25. The van der Waals surface area contributed by atoms with E-state index in [1.165, 1.54) is 0 Å². The van der Waals surface area contributed by atoms with Crippen LogP contribution in [0.4, 0.5) is 0 Å². The summed E-state index contributed by atoms with van der Waals surface area (Å²) in [6, 6.07) is 2.51. The summed E-state index contributed by atoms with van der Waals surface area (Å²) in [5, 5.41) is 14.0. The van der Waals surface area contributed by atoms with Gasteiger partial charge in [0.2, 0.25) is 5.91 Å². The van der Waals surface area contributed by atoms with Gasteiger partial charge < -0.3 is 10.0 Å². The van der Waals surface area contributed by atoms with Gasteiger partial charge in [-0.05, 0) is 51.5 Å². The Kier molecular flexibility index (Phi) is 8.23. The SMILES string of the molecule is CC.CN(C(=O)CCl)C1CC2CC2C1O.Cc1ccn(C(C)C)n1. The van der Waals surface area contributed by atoms with E-state index < -0.39 is 0 Å². The number of fused-ring (bicyclic) bond motifs is 1. The number of aliphatic hydroxyl groups is 1. The number of aliphatic hydroxyl groups excluding tert-OH is 1. The first-order chi connectivity index (χ1) is 11.3. The van der Waals surface area contributed by atoms with Crippen molar-refractivity contribution in [3.05, 3.63) is 18.0 Å². The molecule has 2 fully saturated rings. The topological polar surface area (TPSA) is 58.4 Å². The zero-order valence-corrected chi connectivity index (χ0v) is 16.5. The van der Waals surface area contributed by atoms with Crippen molar-refractivity contribution in [1.29, 1.82) is 0 Å². The van der Waals surface area contributed by atoms with Crippen molar-refractivity contribution >= 4 is 17.5 Å². The molecule has 1 heterocycles. The lowest BCUT2D eigenvalue weighted by atomic mass is 10.1. The predicted molar refractivity (Wildman–Crippen MR) is 98.2 cm³/mol. The van der Waals surface area contributed by atoms with E-state index in [4.69, 9.17) is 11.6 Å². The quantitative estimate of drug-likeness (QED) is 0.845. The molecule has 2 saturated carbocycles. The zero-order chi connectivity index (χ0) is 18.4. The average molecular weight is 358 g/mol. The van der Waals surface area contributed by atoms with Crippen molar-refractivity contribution in [1.82, 2.24) is 14.7 Å². The molecule has 2 aliphatic rings. The van der Waals surface area contributed by atoms with Crippen LogP contribution in [0, 0.1) is 18.8 Å². The molecular formula is C18H32ClN3O2. The fourth-order valence-corrected chi connectivity index (χ4v) is 3.27. The molecule has 0 aromatic carbocycles. The summed E-state index contributed by atoms with van der Waals surface area (Å²) < 4.78 is 1.95. The lowest BCUT2D eigenvalue weighted by Gasteiger charge is -2.28. The minimum atomic E-state index is -0.317. The van der Waals surface area contributed by atoms with Crippen LogP contribution < -0.4 is 0 Å². The van der Waals surface area contributed by atoms with Gasteiger partial charge >= 0.3 is 0 Å². The minimum absolute atomic E-state index is 0.00898. The van der Waals surface area contributed by atoms with Crippen LogP contribution in [-0.4, -0.2) is 50.8 Å². The summed E-state index contributed by atoms with van der Waals surface area (Å²) in [6.07, 6.45) is 3.77. The molecule has 6 heteroatoms. The number of hydrogen-bond acceptors (Lipinski definition) is 3. The maximum atomic E-state index is 11.2. The van der Waals surface area contributed by atoms with Crippen LogP contribution in [0.25, 0.3) is 0 Å². The maximum Gasteiger partial charge on any atom is 0.237 e. The van der Waals surface area contributed by atoms with Gasteiger partial charge in [-0.3, -0.25) is 9.48 Å². The third-order valence-corrected chi connectivity index (χ3v) is 4.86. The molecule has 5 nitrogen and oxygen atoms in total. The molecule has 1 aromatic rings. The molecule has 2 aliphatic carbocycles. The fourth-order valence-electron chi connectivity index (χ4n) is 3.08. The minimum Gasteiger partial charge on any atom is -0.391 e. The highest BCUT2D eigenvalue weighted by Gasteiger charge is 2.54. The summed E-state index contributed by atoms with van der Waals surface area (Å²) in [5.41, 5.74) is 1.09. The lowest BCUT2D eigenvalue weighted by Crippen LogP contribution is -2.43. The Balaban J connectivity index is 0.000000230. The molecule has 0 spiro atoms. The zero-order valence-electron chi connectivity index (χ0n) is 15.7. The van der Waals surface area contributed by atoms with E-state index in [0.717, 1.165) is 18.5 Å². The molecule has 0 saturated heterocycles. The summed E-state index contributed by atoms with van der Waals surface area (Å²) in [7, 11) is 1.73. The van der Waals surface area contributed by atoms with Gasteiger partial charge in [0.25, 0.3) is 0 Å². The number of nitrogens with zero attached hydrogens (tertiary/aromatic N) is 3. The lowest BCUT2D eigenvalue weighted by molar-refractivity contribution is -0.131. The number of hydrogen-bond donors (Lipinski definition) is 1. The highest BCUT2D eigenvalue weighted by atomic mass is 35.5. The Hall–Kier alpha value is -1.07. The molecule has 3 rings (SSSR count). The normalized spacial score (nSPS) is 26.7. The molecule has 24 heavy (non-hydrogen) atoms. The van der Waals surface area contributed by atoms with E-state index in [0.29, 0.717) is 17.9 Å². The first kappa shape index (κ1) is 21.0. The summed E-state index contributed by atoms with van der Waals surface area (Å²) >= 11 is 5.45. The van der Waals surface area contributed by atoms with Gasteiger partial charge in [-0.2, -0.15) is 5.10 Å². The van der Waals surface area contributed by atoms with E-state index >= 15 is 0 Å². The summed E-state index contributed by atoms with van der Waals surface area (Å²) in [6.45, 7) is 10.2. The molecule has 1 amide bonds. The first-order valence-corrected chi connectivity index (χ1v) is 9.40. The number of aromatic nitrogens is 2. The molecule has 0 radical (unpaired) electrons. The summed E-state index contributed by atoms with van der Waals surface area (Å²) in [5.74, 6) is 1.03. The van der Waals surface area contributed by atoms with Crippen LogP contribution in [0.15, 0.2) is 12.3 Å². The van der Waals surface area contributed by atoms with Crippen LogP contribution in [0.5, 0.6) is 0 Å². The van der Waals surface area contributed by atoms with Crippen molar-refractivity contribution in [2.75, 3.05) is 12.9 Å². The van der Waals surface area contributed by atoms with Crippen molar-refractivity contribution in [3.8, 4) is 0 Å². The number of alkyl halides is 1. The van der Waals surface area contributed by atoms with Crippen molar-refractivity contribution in [2.24, 2.45) is 11.8 Å². The number of amides is 1.